The Hall–Kier alpha value is -2.21. The number of aromatic amines is 1. The van der Waals surface area contributed by atoms with E-state index in [0.717, 1.165) is 61.2 Å². The normalized spacial score (nSPS) is 18.8. The predicted molar refractivity (Wildman–Crippen MR) is 97.5 cm³/mol. The Morgan fingerprint density at radius 3 is 3.00 bits per heavy atom. The zero-order valence-electron chi connectivity index (χ0n) is 14.9. The first kappa shape index (κ1) is 16.3. The lowest BCUT2D eigenvalue weighted by atomic mass is 9.86. The van der Waals surface area contributed by atoms with E-state index in [0.29, 0.717) is 5.92 Å². The lowest BCUT2D eigenvalue weighted by Crippen LogP contribution is -2.18. The average molecular weight is 339 g/mol. The molecule has 132 valence electrons. The van der Waals surface area contributed by atoms with Crippen molar-refractivity contribution in [2.45, 2.75) is 63.9 Å². The van der Waals surface area contributed by atoms with Crippen LogP contribution in [0.5, 0.6) is 0 Å². The molecule has 25 heavy (non-hydrogen) atoms. The number of fused-ring (bicyclic) bond motifs is 3. The van der Waals surface area contributed by atoms with Crippen LogP contribution in [-0.4, -0.2) is 35.3 Å². The van der Waals surface area contributed by atoms with Crippen molar-refractivity contribution in [1.29, 1.82) is 0 Å². The second-order valence-corrected chi connectivity index (χ2v) is 7.72. The Labute approximate surface area is 147 Å². The standard InChI is InChI=1S/C19H25N5O/c1-19(2,25)10-3-4-13-5-7-14(8-6-13)18-23-22-16-12-21-17-15(24(16)18)9-11-20-17/h5,9,11-12,14,20,25H,3-4,6-8,10H2,1-2H3. The van der Waals surface area contributed by atoms with Crippen LogP contribution < -0.4 is 0 Å². The quantitative estimate of drug-likeness (QED) is 0.694. The molecule has 6 heteroatoms. The number of hydrogen-bond acceptors (Lipinski definition) is 4. The Morgan fingerprint density at radius 2 is 2.24 bits per heavy atom. The zero-order chi connectivity index (χ0) is 17.4. The van der Waals surface area contributed by atoms with Crippen molar-refractivity contribution in [3.63, 3.8) is 0 Å². The molecule has 2 N–H and O–H groups in total. The fourth-order valence-corrected chi connectivity index (χ4v) is 3.76. The molecule has 0 aromatic carbocycles. The maximum atomic E-state index is 9.84. The first-order valence-electron chi connectivity index (χ1n) is 9.09. The van der Waals surface area contributed by atoms with Gasteiger partial charge in [0.05, 0.1) is 17.3 Å². The molecule has 4 rings (SSSR count). The Morgan fingerprint density at radius 1 is 1.36 bits per heavy atom. The molecule has 1 aliphatic carbocycles. The summed E-state index contributed by atoms with van der Waals surface area (Å²) >= 11 is 0. The van der Waals surface area contributed by atoms with Crippen molar-refractivity contribution in [3.05, 3.63) is 35.9 Å². The Balaban J connectivity index is 1.51. The maximum Gasteiger partial charge on any atom is 0.179 e. The molecule has 0 bridgehead atoms. The lowest BCUT2D eigenvalue weighted by molar-refractivity contribution is 0.0688. The molecule has 1 unspecified atom stereocenters. The molecular formula is C19H25N5O. The summed E-state index contributed by atoms with van der Waals surface area (Å²) in [5.41, 5.74) is 3.67. The van der Waals surface area contributed by atoms with Gasteiger partial charge in [-0.25, -0.2) is 4.98 Å². The molecule has 0 radical (unpaired) electrons. The lowest BCUT2D eigenvalue weighted by Gasteiger charge is -2.22. The number of hydrogen-bond donors (Lipinski definition) is 2. The van der Waals surface area contributed by atoms with Crippen LogP contribution in [-0.2, 0) is 0 Å². The van der Waals surface area contributed by atoms with Crippen LogP contribution in [0.1, 0.15) is 64.1 Å². The zero-order valence-corrected chi connectivity index (χ0v) is 14.9. The van der Waals surface area contributed by atoms with Crippen LogP contribution in [0.3, 0.4) is 0 Å². The molecule has 1 atom stereocenters. The van der Waals surface area contributed by atoms with E-state index in [-0.39, 0.29) is 0 Å². The number of rotatable bonds is 5. The smallest absolute Gasteiger partial charge is 0.179 e. The van der Waals surface area contributed by atoms with Gasteiger partial charge in [-0.05, 0) is 58.4 Å². The highest BCUT2D eigenvalue weighted by atomic mass is 16.3. The van der Waals surface area contributed by atoms with E-state index < -0.39 is 5.60 Å². The van der Waals surface area contributed by atoms with Gasteiger partial charge in [0.25, 0.3) is 0 Å². The third-order valence-electron chi connectivity index (χ3n) is 5.12. The van der Waals surface area contributed by atoms with Gasteiger partial charge in [-0.2, -0.15) is 0 Å². The van der Waals surface area contributed by atoms with Gasteiger partial charge in [-0.1, -0.05) is 11.6 Å². The van der Waals surface area contributed by atoms with Gasteiger partial charge in [-0.15, -0.1) is 10.2 Å². The second kappa shape index (κ2) is 6.26. The van der Waals surface area contributed by atoms with E-state index in [9.17, 15) is 5.11 Å². The first-order chi connectivity index (χ1) is 12.0. The summed E-state index contributed by atoms with van der Waals surface area (Å²) in [5.74, 6) is 1.43. The van der Waals surface area contributed by atoms with Gasteiger partial charge in [0.1, 0.15) is 5.82 Å². The van der Waals surface area contributed by atoms with Crippen molar-refractivity contribution in [2.24, 2.45) is 0 Å². The van der Waals surface area contributed by atoms with Crippen LogP contribution in [0.25, 0.3) is 16.8 Å². The molecule has 0 aliphatic heterocycles. The van der Waals surface area contributed by atoms with Crippen LogP contribution in [0.4, 0.5) is 0 Å². The van der Waals surface area contributed by atoms with Gasteiger partial charge in [0.15, 0.2) is 11.3 Å². The summed E-state index contributed by atoms with van der Waals surface area (Å²) in [4.78, 5) is 7.54. The monoisotopic (exact) mass is 339 g/mol. The maximum absolute atomic E-state index is 9.84. The topological polar surface area (TPSA) is 79.1 Å². The summed E-state index contributed by atoms with van der Waals surface area (Å²) in [7, 11) is 0. The second-order valence-electron chi connectivity index (χ2n) is 7.72. The van der Waals surface area contributed by atoms with Gasteiger partial charge in [0.2, 0.25) is 0 Å². The van der Waals surface area contributed by atoms with Crippen molar-refractivity contribution in [2.75, 3.05) is 0 Å². The van der Waals surface area contributed by atoms with Gasteiger partial charge in [0, 0.05) is 12.1 Å². The molecule has 6 nitrogen and oxygen atoms in total. The fourth-order valence-electron chi connectivity index (χ4n) is 3.76. The fraction of sp³-hybridized carbons (Fsp3) is 0.526. The van der Waals surface area contributed by atoms with Crippen LogP contribution in [0.2, 0.25) is 0 Å². The van der Waals surface area contributed by atoms with Crippen molar-refractivity contribution < 1.29 is 5.11 Å². The third kappa shape index (κ3) is 3.31. The van der Waals surface area contributed by atoms with E-state index in [2.05, 4.69) is 30.6 Å². The van der Waals surface area contributed by atoms with Gasteiger partial charge < -0.3 is 10.1 Å². The molecular weight excluding hydrogens is 314 g/mol. The predicted octanol–water partition coefficient (Wildman–Crippen LogP) is 3.74. The molecule has 0 spiro atoms. The summed E-state index contributed by atoms with van der Waals surface area (Å²) in [6.45, 7) is 3.76. The molecule has 1 aliphatic rings. The van der Waals surface area contributed by atoms with Gasteiger partial charge >= 0.3 is 0 Å². The summed E-state index contributed by atoms with van der Waals surface area (Å²) < 4.78 is 2.14. The number of aromatic nitrogens is 5. The highest BCUT2D eigenvalue weighted by molar-refractivity contribution is 5.74. The molecule has 0 fully saturated rings. The number of aliphatic hydroxyl groups is 1. The van der Waals surface area contributed by atoms with Crippen molar-refractivity contribution >= 4 is 16.8 Å². The molecule has 3 heterocycles. The van der Waals surface area contributed by atoms with Gasteiger partial charge in [-0.3, -0.25) is 4.40 Å². The van der Waals surface area contributed by atoms with E-state index >= 15 is 0 Å². The van der Waals surface area contributed by atoms with Crippen molar-refractivity contribution in [3.8, 4) is 0 Å². The molecule has 0 amide bonds. The number of nitrogens with one attached hydrogen (secondary N) is 1. The van der Waals surface area contributed by atoms with E-state index in [1.165, 1.54) is 5.57 Å². The number of nitrogens with zero attached hydrogens (tertiary/aromatic N) is 4. The largest absolute Gasteiger partial charge is 0.390 e. The minimum absolute atomic E-state index is 0.397. The minimum atomic E-state index is -0.561. The van der Waals surface area contributed by atoms with E-state index in [4.69, 9.17) is 0 Å². The van der Waals surface area contributed by atoms with E-state index in [1.54, 1.807) is 6.20 Å². The molecule has 3 aromatic rings. The average Bonchev–Trinajstić information content (AvgIpc) is 3.20. The van der Waals surface area contributed by atoms with Crippen LogP contribution in [0, 0.1) is 0 Å². The Kier molecular flexibility index (Phi) is 4.07. The number of allylic oxidation sites excluding steroid dienone is 2. The molecule has 0 saturated heterocycles. The molecule has 0 saturated carbocycles. The van der Waals surface area contributed by atoms with Crippen LogP contribution in [0.15, 0.2) is 30.1 Å². The number of H-pyrrole nitrogens is 1. The van der Waals surface area contributed by atoms with Crippen molar-refractivity contribution in [1.82, 2.24) is 24.6 Å². The van der Waals surface area contributed by atoms with E-state index in [1.807, 2.05) is 26.1 Å². The third-order valence-corrected chi connectivity index (χ3v) is 5.12. The summed E-state index contributed by atoms with van der Waals surface area (Å²) in [6, 6.07) is 2.03. The highest BCUT2D eigenvalue weighted by Crippen LogP contribution is 2.34. The first-order valence-corrected chi connectivity index (χ1v) is 9.09. The molecule has 3 aromatic heterocycles. The summed E-state index contributed by atoms with van der Waals surface area (Å²) in [6.07, 6.45) is 12.2. The van der Waals surface area contributed by atoms with Crippen LogP contribution >= 0.6 is 0 Å². The SMILES string of the molecule is CC(C)(O)CCCC1=CCC(c2nnc3cnc4[nH]ccc4n23)CC1. The summed E-state index contributed by atoms with van der Waals surface area (Å²) in [5, 5.41) is 18.6. The Bertz CT molecular complexity index is 915. The highest BCUT2D eigenvalue weighted by Gasteiger charge is 2.23. The minimum Gasteiger partial charge on any atom is -0.390 e.